The Balaban J connectivity index is 1.31. The molecule has 4 atom stereocenters. The Morgan fingerprint density at radius 3 is 2.89 bits per heavy atom. The van der Waals surface area contributed by atoms with E-state index in [4.69, 9.17) is 4.74 Å². The van der Waals surface area contributed by atoms with Gasteiger partial charge in [-0.05, 0) is 31.2 Å². The predicted octanol–water partition coefficient (Wildman–Crippen LogP) is 2.54. The lowest BCUT2D eigenvalue weighted by Crippen LogP contribution is -2.62. The number of ether oxygens (including phenoxy) is 1. The summed E-state index contributed by atoms with van der Waals surface area (Å²) in [5.41, 5.74) is 1.30. The third-order valence-electron chi connectivity index (χ3n) is 6.45. The first-order valence-electron chi connectivity index (χ1n) is 10.4. The molecular weight excluding hydrogens is 340 g/mol. The molecular formula is C22H30N2O3. The summed E-state index contributed by atoms with van der Waals surface area (Å²) in [7, 11) is 0. The van der Waals surface area contributed by atoms with E-state index in [1.165, 1.54) is 5.56 Å². The standard InChI is InChI=1S/C22H30N2O3/c25-19(10-13-24-12-6-2-5-9-20(24)26)23-21-17-11-14-27-22(17)18(21)15-16-7-3-1-4-8-16/h1,3-4,7-8,17-18,21-22H,2,5-6,9-15H2,(H,23,25)/t17-,18+,21-,22-/m0/s1. The van der Waals surface area contributed by atoms with E-state index in [2.05, 4.69) is 29.6 Å². The summed E-state index contributed by atoms with van der Waals surface area (Å²) in [5, 5.41) is 3.27. The van der Waals surface area contributed by atoms with Crippen LogP contribution in [0.2, 0.25) is 0 Å². The number of carbonyl (C=O) groups is 2. The van der Waals surface area contributed by atoms with Crippen molar-refractivity contribution in [1.29, 1.82) is 0 Å². The van der Waals surface area contributed by atoms with Gasteiger partial charge in [0, 0.05) is 50.4 Å². The van der Waals surface area contributed by atoms with Crippen molar-refractivity contribution in [2.24, 2.45) is 11.8 Å². The van der Waals surface area contributed by atoms with Gasteiger partial charge in [-0.1, -0.05) is 36.8 Å². The SMILES string of the molecule is O=C(CCN1CCCCCC1=O)N[C@@H]1[C@@H](Cc2ccccc2)[C@H]2OCC[C@@H]12. The van der Waals surface area contributed by atoms with E-state index in [0.29, 0.717) is 31.2 Å². The summed E-state index contributed by atoms with van der Waals surface area (Å²) in [6.07, 6.45) is 6.43. The third kappa shape index (κ3) is 4.18. The quantitative estimate of drug-likeness (QED) is 0.837. The van der Waals surface area contributed by atoms with Crippen LogP contribution in [0.3, 0.4) is 0 Å². The third-order valence-corrected chi connectivity index (χ3v) is 6.45. The van der Waals surface area contributed by atoms with Crippen LogP contribution in [0.25, 0.3) is 0 Å². The molecule has 1 saturated carbocycles. The highest BCUT2D eigenvalue weighted by molar-refractivity contribution is 5.79. The summed E-state index contributed by atoms with van der Waals surface area (Å²) in [6, 6.07) is 10.6. The molecule has 4 rings (SSSR count). The zero-order valence-electron chi connectivity index (χ0n) is 15.9. The Hall–Kier alpha value is -1.88. The molecule has 2 heterocycles. The van der Waals surface area contributed by atoms with E-state index in [-0.39, 0.29) is 24.0 Å². The van der Waals surface area contributed by atoms with Crippen molar-refractivity contribution < 1.29 is 14.3 Å². The minimum atomic E-state index is 0.0699. The van der Waals surface area contributed by atoms with Gasteiger partial charge in [0.15, 0.2) is 0 Å². The van der Waals surface area contributed by atoms with Crippen LogP contribution in [0.5, 0.6) is 0 Å². The molecule has 0 unspecified atom stereocenters. The average Bonchev–Trinajstić information content (AvgIpc) is 3.00. The lowest BCUT2D eigenvalue weighted by molar-refractivity contribution is -0.132. The topological polar surface area (TPSA) is 58.6 Å². The molecule has 1 aliphatic carbocycles. The number of hydrogen-bond donors (Lipinski definition) is 1. The van der Waals surface area contributed by atoms with Gasteiger partial charge in [0.2, 0.25) is 11.8 Å². The van der Waals surface area contributed by atoms with Gasteiger partial charge in [-0.3, -0.25) is 9.59 Å². The Morgan fingerprint density at radius 2 is 2.04 bits per heavy atom. The number of hydrogen-bond acceptors (Lipinski definition) is 3. The van der Waals surface area contributed by atoms with Crippen molar-refractivity contribution in [3.8, 4) is 0 Å². The second-order valence-electron chi connectivity index (χ2n) is 8.18. The molecule has 2 aliphatic heterocycles. The second kappa shape index (κ2) is 8.42. The van der Waals surface area contributed by atoms with Gasteiger partial charge in [0.25, 0.3) is 0 Å². The van der Waals surface area contributed by atoms with Gasteiger partial charge in [-0.25, -0.2) is 0 Å². The van der Waals surface area contributed by atoms with E-state index < -0.39 is 0 Å². The lowest BCUT2D eigenvalue weighted by atomic mass is 9.64. The maximum Gasteiger partial charge on any atom is 0.222 e. The number of amides is 2. The Morgan fingerprint density at radius 1 is 1.19 bits per heavy atom. The molecule has 5 heteroatoms. The molecule has 0 aromatic heterocycles. The maximum atomic E-state index is 12.6. The number of rotatable bonds is 6. The first-order valence-corrected chi connectivity index (χ1v) is 10.4. The van der Waals surface area contributed by atoms with Crippen LogP contribution in [0.1, 0.15) is 44.1 Å². The summed E-state index contributed by atoms with van der Waals surface area (Å²) in [4.78, 5) is 26.5. The summed E-state index contributed by atoms with van der Waals surface area (Å²) >= 11 is 0. The molecule has 3 aliphatic rings. The average molecular weight is 370 g/mol. The van der Waals surface area contributed by atoms with Crippen LogP contribution in [0.4, 0.5) is 0 Å². The van der Waals surface area contributed by atoms with Gasteiger partial charge in [-0.15, -0.1) is 0 Å². The smallest absolute Gasteiger partial charge is 0.222 e. The van der Waals surface area contributed by atoms with Crippen molar-refractivity contribution in [1.82, 2.24) is 10.2 Å². The number of likely N-dealkylation sites (tertiary alicyclic amines) is 1. The van der Waals surface area contributed by atoms with Crippen LogP contribution < -0.4 is 5.32 Å². The zero-order chi connectivity index (χ0) is 18.6. The first-order chi connectivity index (χ1) is 13.2. The molecule has 0 spiro atoms. The molecule has 1 N–H and O–H groups in total. The molecule has 2 saturated heterocycles. The van der Waals surface area contributed by atoms with Crippen molar-refractivity contribution in [2.75, 3.05) is 19.7 Å². The molecule has 0 radical (unpaired) electrons. The van der Waals surface area contributed by atoms with E-state index in [0.717, 1.165) is 45.3 Å². The van der Waals surface area contributed by atoms with E-state index in [1.54, 1.807) is 0 Å². The monoisotopic (exact) mass is 370 g/mol. The fraction of sp³-hybridized carbons (Fsp3) is 0.636. The minimum Gasteiger partial charge on any atom is -0.377 e. The Labute approximate surface area is 161 Å². The van der Waals surface area contributed by atoms with E-state index in [9.17, 15) is 9.59 Å². The van der Waals surface area contributed by atoms with Crippen molar-refractivity contribution in [3.05, 3.63) is 35.9 Å². The highest BCUT2D eigenvalue weighted by atomic mass is 16.5. The zero-order valence-corrected chi connectivity index (χ0v) is 15.9. The summed E-state index contributed by atoms with van der Waals surface area (Å²) in [6.45, 7) is 2.14. The molecule has 1 aromatic carbocycles. The molecule has 146 valence electrons. The van der Waals surface area contributed by atoms with Gasteiger partial charge < -0.3 is 15.0 Å². The molecule has 1 aromatic rings. The van der Waals surface area contributed by atoms with Crippen molar-refractivity contribution in [2.45, 2.75) is 57.1 Å². The summed E-state index contributed by atoms with van der Waals surface area (Å²) in [5.74, 6) is 1.07. The van der Waals surface area contributed by atoms with Gasteiger partial charge in [0.05, 0.1) is 6.10 Å². The van der Waals surface area contributed by atoms with Gasteiger partial charge >= 0.3 is 0 Å². The molecule has 27 heavy (non-hydrogen) atoms. The minimum absolute atomic E-state index is 0.0699. The van der Waals surface area contributed by atoms with Crippen LogP contribution in [-0.2, 0) is 20.7 Å². The molecule has 5 nitrogen and oxygen atoms in total. The maximum absolute atomic E-state index is 12.6. The lowest BCUT2D eigenvalue weighted by Gasteiger charge is -2.48. The highest BCUT2D eigenvalue weighted by Gasteiger charge is 2.53. The number of carbonyl (C=O) groups excluding carboxylic acids is 2. The Bertz CT molecular complexity index is 663. The normalized spacial score (nSPS) is 30.4. The van der Waals surface area contributed by atoms with Crippen LogP contribution in [0.15, 0.2) is 30.3 Å². The number of fused-ring (bicyclic) bond motifs is 1. The van der Waals surface area contributed by atoms with E-state index >= 15 is 0 Å². The van der Waals surface area contributed by atoms with E-state index in [1.807, 2.05) is 11.0 Å². The fourth-order valence-corrected chi connectivity index (χ4v) is 4.94. The van der Waals surface area contributed by atoms with Gasteiger partial charge in [-0.2, -0.15) is 0 Å². The van der Waals surface area contributed by atoms with Crippen LogP contribution in [0, 0.1) is 11.8 Å². The number of benzene rings is 1. The molecule has 0 bridgehead atoms. The second-order valence-corrected chi connectivity index (χ2v) is 8.18. The first kappa shape index (κ1) is 18.5. The fourth-order valence-electron chi connectivity index (χ4n) is 4.94. The Kier molecular flexibility index (Phi) is 5.77. The molecule has 3 fully saturated rings. The van der Waals surface area contributed by atoms with Crippen molar-refractivity contribution >= 4 is 11.8 Å². The predicted molar refractivity (Wildman–Crippen MR) is 103 cm³/mol. The van der Waals surface area contributed by atoms with Crippen LogP contribution in [-0.4, -0.2) is 48.6 Å². The van der Waals surface area contributed by atoms with Crippen molar-refractivity contribution in [3.63, 3.8) is 0 Å². The largest absolute Gasteiger partial charge is 0.377 e. The number of nitrogens with zero attached hydrogens (tertiary/aromatic N) is 1. The van der Waals surface area contributed by atoms with Crippen LogP contribution >= 0.6 is 0 Å². The number of nitrogens with one attached hydrogen (secondary N) is 1. The van der Waals surface area contributed by atoms with Gasteiger partial charge in [0.1, 0.15) is 0 Å². The molecule has 2 amide bonds. The summed E-state index contributed by atoms with van der Waals surface area (Å²) < 4.78 is 5.93. The highest BCUT2D eigenvalue weighted by Crippen LogP contribution is 2.45.